The van der Waals surface area contributed by atoms with Gasteiger partial charge in [-0.15, -0.1) is 0 Å². The first kappa shape index (κ1) is 14.6. The van der Waals surface area contributed by atoms with Crippen LogP contribution < -0.4 is 10.9 Å². The second-order valence-corrected chi connectivity index (χ2v) is 6.08. The number of nitrogens with zero attached hydrogens (tertiary/aromatic N) is 1. The summed E-state index contributed by atoms with van der Waals surface area (Å²) in [7, 11) is 0. The molecule has 1 heterocycles. The fourth-order valence-electron chi connectivity index (χ4n) is 2.12. The maximum absolute atomic E-state index is 11.7. The van der Waals surface area contributed by atoms with E-state index >= 15 is 0 Å². The third-order valence-corrected chi connectivity index (χ3v) is 4.09. The Morgan fingerprint density at radius 1 is 1.24 bits per heavy atom. The summed E-state index contributed by atoms with van der Waals surface area (Å²) in [6.07, 6.45) is 2.93. The van der Waals surface area contributed by atoms with E-state index in [2.05, 4.69) is 15.3 Å². The van der Waals surface area contributed by atoms with Gasteiger partial charge in [-0.05, 0) is 30.5 Å². The summed E-state index contributed by atoms with van der Waals surface area (Å²) in [5, 5.41) is 4.37. The molecule has 0 amide bonds. The zero-order valence-corrected chi connectivity index (χ0v) is 12.8. The molecular formula is C15H15Cl2N3O. The highest BCUT2D eigenvalue weighted by atomic mass is 35.5. The van der Waals surface area contributed by atoms with Gasteiger partial charge >= 0.3 is 0 Å². The lowest BCUT2D eigenvalue weighted by Gasteiger charge is -2.06. The monoisotopic (exact) mass is 323 g/mol. The highest BCUT2D eigenvalue weighted by Gasteiger charge is 2.20. The second-order valence-electron chi connectivity index (χ2n) is 5.26. The summed E-state index contributed by atoms with van der Waals surface area (Å²) >= 11 is 11.9. The van der Waals surface area contributed by atoms with Gasteiger partial charge in [-0.1, -0.05) is 29.3 Å². The Hall–Kier alpha value is -1.36. The zero-order valence-electron chi connectivity index (χ0n) is 11.3. The topological polar surface area (TPSA) is 57.8 Å². The van der Waals surface area contributed by atoms with Crippen LogP contribution in [-0.2, 0) is 13.0 Å². The molecule has 0 saturated heterocycles. The van der Waals surface area contributed by atoms with Crippen molar-refractivity contribution in [1.82, 2.24) is 15.3 Å². The predicted molar refractivity (Wildman–Crippen MR) is 84.0 cm³/mol. The van der Waals surface area contributed by atoms with Crippen molar-refractivity contribution in [3.63, 3.8) is 0 Å². The van der Waals surface area contributed by atoms with Gasteiger partial charge in [0.15, 0.2) is 0 Å². The van der Waals surface area contributed by atoms with Gasteiger partial charge < -0.3 is 10.3 Å². The first-order valence-corrected chi connectivity index (χ1v) is 7.62. The van der Waals surface area contributed by atoms with Crippen molar-refractivity contribution in [1.29, 1.82) is 0 Å². The molecule has 1 fully saturated rings. The van der Waals surface area contributed by atoms with Crippen molar-refractivity contribution < 1.29 is 0 Å². The molecule has 21 heavy (non-hydrogen) atoms. The molecule has 2 aromatic rings. The molecule has 4 nitrogen and oxygen atoms in total. The number of halogens is 2. The van der Waals surface area contributed by atoms with Crippen LogP contribution in [0.3, 0.4) is 0 Å². The molecule has 0 radical (unpaired) electrons. The van der Waals surface area contributed by atoms with Crippen LogP contribution in [0.2, 0.25) is 10.0 Å². The standard InChI is InChI=1S/C15H15Cl2N3O/c16-12-4-1-9(5-13(12)17)6-14-19-11(7-15(21)20-14)8-18-10-2-3-10/h1,4-5,7,10,18H,2-3,6,8H2,(H,19,20,21). The average Bonchev–Trinajstić information content (AvgIpc) is 3.24. The Morgan fingerprint density at radius 3 is 2.76 bits per heavy atom. The molecule has 1 aromatic heterocycles. The van der Waals surface area contributed by atoms with E-state index in [9.17, 15) is 4.79 Å². The molecule has 0 aliphatic heterocycles. The summed E-state index contributed by atoms with van der Waals surface area (Å²) in [5.41, 5.74) is 1.59. The van der Waals surface area contributed by atoms with Crippen molar-refractivity contribution in [3.8, 4) is 0 Å². The molecule has 1 aromatic carbocycles. The highest BCUT2D eigenvalue weighted by Crippen LogP contribution is 2.23. The largest absolute Gasteiger partial charge is 0.310 e. The highest BCUT2D eigenvalue weighted by molar-refractivity contribution is 6.42. The first-order chi connectivity index (χ1) is 10.1. The summed E-state index contributed by atoms with van der Waals surface area (Å²) < 4.78 is 0. The van der Waals surface area contributed by atoms with Crippen LogP contribution in [0.5, 0.6) is 0 Å². The SMILES string of the molecule is O=c1cc(CNC2CC2)nc(Cc2ccc(Cl)c(Cl)c2)[nH]1. The third kappa shape index (κ3) is 4.06. The zero-order chi connectivity index (χ0) is 14.8. The van der Waals surface area contributed by atoms with Gasteiger partial charge in [-0.2, -0.15) is 0 Å². The van der Waals surface area contributed by atoms with Gasteiger partial charge in [0.2, 0.25) is 0 Å². The lowest BCUT2D eigenvalue weighted by molar-refractivity contribution is 0.667. The van der Waals surface area contributed by atoms with Crippen LogP contribution in [-0.4, -0.2) is 16.0 Å². The molecule has 6 heteroatoms. The maximum Gasteiger partial charge on any atom is 0.251 e. The number of rotatable bonds is 5. The minimum atomic E-state index is -0.132. The van der Waals surface area contributed by atoms with E-state index in [-0.39, 0.29) is 5.56 Å². The molecule has 110 valence electrons. The lowest BCUT2D eigenvalue weighted by atomic mass is 10.1. The number of H-pyrrole nitrogens is 1. The molecule has 0 atom stereocenters. The first-order valence-electron chi connectivity index (χ1n) is 6.86. The average molecular weight is 324 g/mol. The van der Waals surface area contributed by atoms with Crippen LogP contribution >= 0.6 is 23.2 Å². The van der Waals surface area contributed by atoms with Gasteiger partial charge in [-0.25, -0.2) is 4.98 Å². The van der Waals surface area contributed by atoms with Crippen LogP contribution in [0, 0.1) is 0 Å². The van der Waals surface area contributed by atoms with E-state index in [1.807, 2.05) is 6.07 Å². The van der Waals surface area contributed by atoms with Crippen molar-refractivity contribution in [2.24, 2.45) is 0 Å². The molecule has 1 aliphatic rings. The smallest absolute Gasteiger partial charge is 0.251 e. The molecule has 1 aliphatic carbocycles. The maximum atomic E-state index is 11.7. The van der Waals surface area contributed by atoms with Crippen LogP contribution in [0.25, 0.3) is 0 Å². The van der Waals surface area contributed by atoms with Gasteiger partial charge in [-0.3, -0.25) is 4.79 Å². The summed E-state index contributed by atoms with van der Waals surface area (Å²) in [5.74, 6) is 0.633. The fourth-order valence-corrected chi connectivity index (χ4v) is 2.44. The summed E-state index contributed by atoms with van der Waals surface area (Å²) in [4.78, 5) is 19.0. The van der Waals surface area contributed by atoms with E-state index in [4.69, 9.17) is 23.2 Å². The van der Waals surface area contributed by atoms with E-state index in [0.29, 0.717) is 34.9 Å². The van der Waals surface area contributed by atoms with E-state index in [0.717, 1.165) is 11.3 Å². The van der Waals surface area contributed by atoms with Gasteiger partial charge in [0, 0.05) is 25.1 Å². The number of hydrogen-bond donors (Lipinski definition) is 2. The van der Waals surface area contributed by atoms with Gasteiger partial charge in [0.05, 0.1) is 15.7 Å². The van der Waals surface area contributed by atoms with E-state index in [1.54, 1.807) is 12.1 Å². The lowest BCUT2D eigenvalue weighted by Crippen LogP contribution is -2.20. The molecule has 1 saturated carbocycles. The third-order valence-electron chi connectivity index (χ3n) is 3.35. The fraction of sp³-hybridized carbons (Fsp3) is 0.333. The van der Waals surface area contributed by atoms with Crippen molar-refractivity contribution in [2.75, 3.05) is 0 Å². The molecule has 0 bridgehead atoms. The number of aromatic nitrogens is 2. The van der Waals surface area contributed by atoms with Crippen molar-refractivity contribution in [3.05, 3.63) is 61.7 Å². The summed E-state index contributed by atoms with van der Waals surface area (Å²) in [6, 6.07) is 7.54. The minimum Gasteiger partial charge on any atom is -0.310 e. The Labute approximate surface area is 132 Å². The Morgan fingerprint density at radius 2 is 2.05 bits per heavy atom. The van der Waals surface area contributed by atoms with Crippen LogP contribution in [0.1, 0.15) is 29.9 Å². The van der Waals surface area contributed by atoms with Crippen molar-refractivity contribution in [2.45, 2.75) is 31.8 Å². The molecule has 0 spiro atoms. The van der Waals surface area contributed by atoms with Gasteiger partial charge in [0.25, 0.3) is 5.56 Å². The van der Waals surface area contributed by atoms with Gasteiger partial charge in [0.1, 0.15) is 5.82 Å². The minimum absolute atomic E-state index is 0.132. The van der Waals surface area contributed by atoms with E-state index < -0.39 is 0 Å². The Balaban J connectivity index is 1.76. The normalized spacial score (nSPS) is 14.4. The number of hydrogen-bond acceptors (Lipinski definition) is 3. The van der Waals surface area contributed by atoms with E-state index in [1.165, 1.54) is 18.9 Å². The van der Waals surface area contributed by atoms with Crippen LogP contribution in [0.4, 0.5) is 0 Å². The second kappa shape index (κ2) is 6.18. The number of benzene rings is 1. The molecule has 2 N–H and O–H groups in total. The predicted octanol–water partition coefficient (Wildman–Crippen LogP) is 2.92. The quantitative estimate of drug-likeness (QED) is 0.889. The summed E-state index contributed by atoms with van der Waals surface area (Å²) in [6.45, 7) is 0.628. The Kier molecular flexibility index (Phi) is 4.29. The molecular weight excluding hydrogens is 309 g/mol. The number of aromatic amines is 1. The number of nitrogens with one attached hydrogen (secondary N) is 2. The van der Waals surface area contributed by atoms with Crippen molar-refractivity contribution >= 4 is 23.2 Å². The van der Waals surface area contributed by atoms with Crippen LogP contribution in [0.15, 0.2) is 29.1 Å². The Bertz CT molecular complexity index is 710. The molecule has 0 unspecified atom stereocenters. The molecule has 3 rings (SSSR count).